The highest BCUT2D eigenvalue weighted by atomic mass is 32.2. The number of benzene rings is 1. The molecule has 1 aromatic carbocycles. The van der Waals surface area contributed by atoms with Gasteiger partial charge in [-0.2, -0.15) is 11.8 Å². The van der Waals surface area contributed by atoms with Crippen molar-refractivity contribution < 1.29 is 5.11 Å². The van der Waals surface area contributed by atoms with Crippen LogP contribution in [-0.2, 0) is 0 Å². The van der Waals surface area contributed by atoms with Crippen molar-refractivity contribution in [3.8, 4) is 5.75 Å². The Kier molecular flexibility index (Phi) is 4.15. The first-order valence-electron chi connectivity index (χ1n) is 5.74. The van der Waals surface area contributed by atoms with Crippen molar-refractivity contribution in [2.45, 2.75) is 0 Å². The summed E-state index contributed by atoms with van der Waals surface area (Å²) in [5, 5.41) is 9.19. The lowest BCUT2D eigenvalue weighted by Crippen LogP contribution is -2.30. The Hall–Kier alpha value is -1.35. The zero-order valence-electron chi connectivity index (χ0n) is 9.80. The Morgan fingerprint density at radius 3 is 2.53 bits per heavy atom. The molecule has 1 aliphatic heterocycles. The van der Waals surface area contributed by atoms with Gasteiger partial charge in [0.2, 0.25) is 0 Å². The van der Waals surface area contributed by atoms with Crippen LogP contribution in [0.1, 0.15) is 5.56 Å². The molecule has 0 radical (unpaired) electrons. The molecular formula is C14H17NOS. The quantitative estimate of drug-likeness (QED) is 0.831. The molecule has 0 atom stereocenters. The summed E-state index contributed by atoms with van der Waals surface area (Å²) in [7, 11) is 0. The summed E-state index contributed by atoms with van der Waals surface area (Å²) >= 11 is 2.00. The minimum absolute atomic E-state index is 0.300. The molecule has 1 aliphatic rings. The largest absolute Gasteiger partial charge is 0.508 e. The maximum atomic E-state index is 9.19. The van der Waals surface area contributed by atoms with Crippen LogP contribution >= 0.6 is 11.8 Å². The molecule has 0 unspecified atom stereocenters. The van der Waals surface area contributed by atoms with Gasteiger partial charge in [-0.1, -0.05) is 24.8 Å². The lowest BCUT2D eigenvalue weighted by molar-refractivity contribution is 0.394. The van der Waals surface area contributed by atoms with Crippen molar-refractivity contribution >= 4 is 17.8 Å². The van der Waals surface area contributed by atoms with Crippen molar-refractivity contribution in [2.24, 2.45) is 0 Å². The first-order valence-corrected chi connectivity index (χ1v) is 6.90. The van der Waals surface area contributed by atoms with Crippen LogP contribution in [0.25, 0.3) is 6.08 Å². The fraction of sp³-hybridized carbons (Fsp3) is 0.286. The first-order chi connectivity index (χ1) is 8.25. The van der Waals surface area contributed by atoms with Gasteiger partial charge in [0, 0.05) is 30.3 Å². The Morgan fingerprint density at radius 1 is 1.24 bits per heavy atom. The Bertz CT molecular complexity index is 405. The fourth-order valence-corrected chi connectivity index (χ4v) is 2.64. The maximum Gasteiger partial charge on any atom is 0.115 e. The normalized spacial score (nSPS) is 16.4. The molecule has 1 saturated heterocycles. The molecular weight excluding hydrogens is 230 g/mol. The van der Waals surface area contributed by atoms with E-state index in [4.69, 9.17) is 0 Å². The number of hydrogen-bond donors (Lipinski definition) is 1. The molecule has 0 spiro atoms. The van der Waals surface area contributed by atoms with Crippen LogP contribution in [0.15, 0.2) is 42.6 Å². The van der Waals surface area contributed by atoms with Crippen molar-refractivity contribution in [3.63, 3.8) is 0 Å². The van der Waals surface area contributed by atoms with Gasteiger partial charge in [-0.05, 0) is 23.8 Å². The minimum atomic E-state index is 0.300. The van der Waals surface area contributed by atoms with Gasteiger partial charge in [0.25, 0.3) is 0 Å². The third-order valence-electron chi connectivity index (χ3n) is 2.78. The Labute approximate surface area is 107 Å². The van der Waals surface area contributed by atoms with Gasteiger partial charge in [-0.3, -0.25) is 0 Å². The van der Waals surface area contributed by atoms with Crippen LogP contribution in [-0.4, -0.2) is 34.6 Å². The number of rotatable bonds is 3. The molecule has 0 aromatic heterocycles. The highest BCUT2D eigenvalue weighted by molar-refractivity contribution is 7.99. The summed E-state index contributed by atoms with van der Waals surface area (Å²) in [6, 6.07) is 7.18. The summed E-state index contributed by atoms with van der Waals surface area (Å²) in [6.07, 6.45) is 4.08. The van der Waals surface area contributed by atoms with Gasteiger partial charge in [0.1, 0.15) is 5.75 Å². The van der Waals surface area contributed by atoms with Crippen molar-refractivity contribution in [1.29, 1.82) is 0 Å². The van der Waals surface area contributed by atoms with E-state index in [0.29, 0.717) is 5.75 Å². The number of phenols is 1. The van der Waals surface area contributed by atoms with Gasteiger partial charge >= 0.3 is 0 Å². The predicted octanol–water partition coefficient (Wildman–Crippen LogP) is 2.97. The van der Waals surface area contributed by atoms with Gasteiger partial charge in [-0.15, -0.1) is 0 Å². The Balaban J connectivity index is 1.95. The van der Waals surface area contributed by atoms with Gasteiger partial charge < -0.3 is 10.0 Å². The van der Waals surface area contributed by atoms with E-state index in [-0.39, 0.29) is 0 Å². The number of phenolic OH excluding ortho intramolecular Hbond substituents is 1. The zero-order chi connectivity index (χ0) is 12.1. The molecule has 90 valence electrons. The second-order valence-electron chi connectivity index (χ2n) is 4.02. The average Bonchev–Trinajstić information content (AvgIpc) is 2.39. The monoisotopic (exact) mass is 247 g/mol. The highest BCUT2D eigenvalue weighted by Gasteiger charge is 2.09. The number of allylic oxidation sites excluding steroid dienone is 1. The van der Waals surface area contributed by atoms with Crippen LogP contribution in [0.3, 0.4) is 0 Å². The van der Waals surface area contributed by atoms with Crippen molar-refractivity contribution in [3.05, 3.63) is 48.2 Å². The van der Waals surface area contributed by atoms with Crippen LogP contribution in [0, 0.1) is 0 Å². The second kappa shape index (κ2) is 5.82. The molecule has 3 heteroatoms. The zero-order valence-corrected chi connectivity index (χ0v) is 10.6. The standard InChI is InChI=1S/C14H17NOS/c1-12(15-8-10-17-11-9-15)2-3-13-4-6-14(16)7-5-13/h2-7,16H,1,8-11H2/b3-2+. The van der Waals surface area contributed by atoms with Crippen LogP contribution in [0.2, 0.25) is 0 Å². The van der Waals surface area contributed by atoms with E-state index < -0.39 is 0 Å². The van der Waals surface area contributed by atoms with Crippen LogP contribution < -0.4 is 0 Å². The number of hydrogen-bond acceptors (Lipinski definition) is 3. The topological polar surface area (TPSA) is 23.5 Å². The van der Waals surface area contributed by atoms with Gasteiger partial charge in [0.15, 0.2) is 0 Å². The molecule has 0 bridgehead atoms. The van der Waals surface area contributed by atoms with E-state index in [9.17, 15) is 5.11 Å². The molecule has 1 aromatic rings. The Morgan fingerprint density at radius 2 is 1.88 bits per heavy atom. The molecule has 1 N–H and O–H groups in total. The molecule has 2 rings (SSSR count). The van der Waals surface area contributed by atoms with Crippen LogP contribution in [0.5, 0.6) is 5.75 Å². The summed E-state index contributed by atoms with van der Waals surface area (Å²) in [5.41, 5.74) is 2.15. The molecule has 0 aliphatic carbocycles. The summed E-state index contributed by atoms with van der Waals surface area (Å²) in [4.78, 5) is 2.31. The third-order valence-corrected chi connectivity index (χ3v) is 3.72. The molecule has 1 heterocycles. The average molecular weight is 247 g/mol. The maximum absolute atomic E-state index is 9.19. The third kappa shape index (κ3) is 3.56. The molecule has 0 amide bonds. The summed E-state index contributed by atoms with van der Waals surface area (Å²) in [5.74, 6) is 2.67. The first kappa shape index (κ1) is 12.1. The van der Waals surface area contributed by atoms with Gasteiger partial charge in [-0.25, -0.2) is 0 Å². The lowest BCUT2D eigenvalue weighted by atomic mass is 10.2. The second-order valence-corrected chi connectivity index (χ2v) is 5.24. The van der Waals surface area contributed by atoms with Gasteiger partial charge in [0.05, 0.1) is 0 Å². The molecule has 0 saturated carbocycles. The van der Waals surface area contributed by atoms with E-state index in [0.717, 1.165) is 24.4 Å². The number of nitrogens with zero attached hydrogens (tertiary/aromatic N) is 1. The number of aromatic hydroxyl groups is 1. The highest BCUT2D eigenvalue weighted by Crippen LogP contribution is 2.16. The summed E-state index contributed by atoms with van der Waals surface area (Å²) in [6.45, 7) is 6.26. The SMILES string of the molecule is C=C(/C=C/c1ccc(O)cc1)N1CCSCC1. The van der Waals surface area contributed by atoms with E-state index in [1.165, 1.54) is 11.5 Å². The van der Waals surface area contributed by atoms with E-state index in [1.54, 1.807) is 12.1 Å². The van der Waals surface area contributed by atoms with Crippen LogP contribution in [0.4, 0.5) is 0 Å². The van der Waals surface area contributed by atoms with Crippen molar-refractivity contribution in [1.82, 2.24) is 4.90 Å². The smallest absolute Gasteiger partial charge is 0.115 e. The minimum Gasteiger partial charge on any atom is -0.508 e. The van der Waals surface area contributed by atoms with Crippen molar-refractivity contribution in [2.75, 3.05) is 24.6 Å². The molecule has 1 fully saturated rings. The molecule has 17 heavy (non-hydrogen) atoms. The van der Waals surface area contributed by atoms with E-state index >= 15 is 0 Å². The van der Waals surface area contributed by atoms with E-state index in [1.807, 2.05) is 36.0 Å². The van der Waals surface area contributed by atoms with E-state index in [2.05, 4.69) is 11.5 Å². The predicted molar refractivity (Wildman–Crippen MR) is 75.2 cm³/mol. The number of thioether (sulfide) groups is 1. The molecule has 2 nitrogen and oxygen atoms in total. The lowest BCUT2D eigenvalue weighted by Gasteiger charge is -2.28. The fourth-order valence-electron chi connectivity index (χ4n) is 1.73. The summed E-state index contributed by atoms with van der Waals surface area (Å²) < 4.78 is 0.